The van der Waals surface area contributed by atoms with E-state index in [1.165, 1.54) is 24.6 Å². The van der Waals surface area contributed by atoms with E-state index in [1.807, 2.05) is 30.3 Å². The lowest BCUT2D eigenvalue weighted by Gasteiger charge is -2.09. The van der Waals surface area contributed by atoms with Gasteiger partial charge in [0, 0.05) is 11.6 Å². The van der Waals surface area contributed by atoms with Gasteiger partial charge in [0.1, 0.15) is 5.75 Å². The van der Waals surface area contributed by atoms with Crippen molar-refractivity contribution in [2.45, 2.75) is 0 Å². The molecule has 1 aromatic heterocycles. The molecule has 8 heteroatoms. The van der Waals surface area contributed by atoms with Crippen molar-refractivity contribution in [1.82, 2.24) is 5.43 Å². The Balaban J connectivity index is 1.40. The lowest BCUT2D eigenvalue weighted by atomic mass is 10.1. The van der Waals surface area contributed by atoms with Gasteiger partial charge in [0.05, 0.1) is 23.7 Å². The zero-order valence-corrected chi connectivity index (χ0v) is 19.0. The minimum atomic E-state index is -0.551. The number of nitrogens with zero attached hydrogens (tertiary/aromatic N) is 1. The van der Waals surface area contributed by atoms with Crippen LogP contribution in [0.5, 0.6) is 5.75 Å². The van der Waals surface area contributed by atoms with E-state index in [0.29, 0.717) is 11.3 Å². The molecule has 0 spiro atoms. The number of nitrogens with one attached hydrogen (secondary N) is 2. The molecule has 0 aliphatic carbocycles. The van der Waals surface area contributed by atoms with Crippen molar-refractivity contribution in [3.63, 3.8) is 0 Å². The molecule has 0 saturated carbocycles. The van der Waals surface area contributed by atoms with E-state index in [0.717, 1.165) is 5.56 Å². The Labute approximate surface area is 206 Å². The molecule has 4 aromatic rings. The minimum Gasteiger partial charge on any atom is -0.459 e. The Kier molecular flexibility index (Phi) is 7.81. The fourth-order valence-electron chi connectivity index (χ4n) is 3.15. The highest BCUT2D eigenvalue weighted by atomic mass is 16.5. The molecular weight excluding hydrogens is 458 g/mol. The average Bonchev–Trinajstić information content (AvgIpc) is 3.45. The van der Waals surface area contributed by atoms with Gasteiger partial charge in [0.2, 0.25) is 0 Å². The number of hydrogen-bond acceptors (Lipinski definition) is 6. The Hall–Kier alpha value is -5.24. The Bertz CT molecular complexity index is 1410. The van der Waals surface area contributed by atoms with Gasteiger partial charge in [-0.1, -0.05) is 54.6 Å². The molecule has 0 bridgehead atoms. The summed E-state index contributed by atoms with van der Waals surface area (Å²) in [4.78, 5) is 37.3. The van der Waals surface area contributed by atoms with Crippen molar-refractivity contribution < 1.29 is 23.5 Å². The molecule has 8 nitrogen and oxygen atoms in total. The number of carbonyl (C=O) groups is 3. The van der Waals surface area contributed by atoms with Crippen LogP contribution in [0.25, 0.3) is 6.08 Å². The summed E-state index contributed by atoms with van der Waals surface area (Å²) in [5.41, 5.74) is 4.28. The highest BCUT2D eigenvalue weighted by Crippen LogP contribution is 2.18. The maximum Gasteiger partial charge on any atom is 0.336 e. The van der Waals surface area contributed by atoms with Crippen LogP contribution in [-0.4, -0.2) is 24.0 Å². The van der Waals surface area contributed by atoms with E-state index in [2.05, 4.69) is 15.8 Å². The van der Waals surface area contributed by atoms with Crippen LogP contribution in [0.4, 0.5) is 5.69 Å². The van der Waals surface area contributed by atoms with Crippen LogP contribution in [-0.2, 0) is 4.79 Å². The highest BCUT2D eigenvalue weighted by molar-refractivity contribution is 6.08. The summed E-state index contributed by atoms with van der Waals surface area (Å²) in [5.74, 6) is -1.18. The van der Waals surface area contributed by atoms with Crippen LogP contribution in [0.2, 0.25) is 0 Å². The zero-order valence-electron chi connectivity index (χ0n) is 19.0. The number of rotatable bonds is 8. The molecule has 2 N–H and O–H groups in total. The molecular formula is C28H21N3O5. The highest BCUT2D eigenvalue weighted by Gasteiger charge is 2.15. The lowest BCUT2D eigenvalue weighted by Crippen LogP contribution is -2.21. The Morgan fingerprint density at radius 3 is 2.36 bits per heavy atom. The normalized spacial score (nSPS) is 10.9. The van der Waals surface area contributed by atoms with Crippen LogP contribution in [0.15, 0.2) is 113 Å². The van der Waals surface area contributed by atoms with E-state index in [1.54, 1.807) is 60.7 Å². The van der Waals surface area contributed by atoms with E-state index >= 15 is 0 Å². The van der Waals surface area contributed by atoms with Crippen molar-refractivity contribution >= 4 is 35.8 Å². The number of hydrogen-bond donors (Lipinski definition) is 2. The van der Waals surface area contributed by atoms with Crippen LogP contribution in [0.1, 0.15) is 32.0 Å². The summed E-state index contributed by atoms with van der Waals surface area (Å²) < 4.78 is 10.5. The van der Waals surface area contributed by atoms with E-state index < -0.39 is 17.8 Å². The van der Waals surface area contributed by atoms with Crippen LogP contribution in [0.3, 0.4) is 0 Å². The molecule has 4 rings (SSSR count). The fourth-order valence-corrected chi connectivity index (χ4v) is 3.15. The molecule has 36 heavy (non-hydrogen) atoms. The van der Waals surface area contributed by atoms with Gasteiger partial charge in [-0.2, -0.15) is 5.10 Å². The van der Waals surface area contributed by atoms with Gasteiger partial charge in [-0.15, -0.1) is 0 Å². The molecule has 178 valence electrons. The molecule has 0 radical (unpaired) electrons. The predicted molar refractivity (Wildman–Crippen MR) is 136 cm³/mol. The molecule has 0 aliphatic rings. The van der Waals surface area contributed by atoms with Crippen molar-refractivity contribution in [2.24, 2.45) is 5.10 Å². The maximum absolute atomic E-state index is 12.7. The number of carbonyl (C=O) groups excluding carboxylic acids is 3. The van der Waals surface area contributed by atoms with Crippen LogP contribution < -0.4 is 15.5 Å². The number of amides is 2. The van der Waals surface area contributed by atoms with Gasteiger partial charge in [-0.05, 0) is 48.0 Å². The Morgan fingerprint density at radius 1 is 0.806 bits per heavy atom. The minimum absolute atomic E-state index is 0.119. The summed E-state index contributed by atoms with van der Waals surface area (Å²) in [6, 6.07) is 25.8. The van der Waals surface area contributed by atoms with Crippen LogP contribution in [0, 0.1) is 0 Å². The van der Waals surface area contributed by atoms with Gasteiger partial charge in [0.15, 0.2) is 5.76 Å². The summed E-state index contributed by atoms with van der Waals surface area (Å²) in [5, 5.41) is 6.63. The first-order valence-electron chi connectivity index (χ1n) is 10.9. The number of furan rings is 1. The maximum atomic E-state index is 12.7. The van der Waals surface area contributed by atoms with E-state index in [-0.39, 0.29) is 17.1 Å². The number of para-hydroxylation sites is 2. The number of benzene rings is 3. The first-order chi connectivity index (χ1) is 17.6. The number of ether oxygens (including phenoxy) is 1. The number of anilines is 1. The SMILES string of the molecule is O=C(/C=C/c1ccccc1)Oc1ccccc1/C=N\NC(=O)c1ccccc1NC(=O)c1ccco1. The molecule has 1 heterocycles. The molecule has 0 saturated heterocycles. The van der Waals surface area contributed by atoms with Crippen molar-refractivity contribution in [3.05, 3.63) is 126 Å². The van der Waals surface area contributed by atoms with Crippen LogP contribution >= 0.6 is 0 Å². The van der Waals surface area contributed by atoms with Crippen molar-refractivity contribution in [1.29, 1.82) is 0 Å². The molecule has 0 atom stereocenters. The summed E-state index contributed by atoms with van der Waals surface area (Å²) in [6.45, 7) is 0. The summed E-state index contributed by atoms with van der Waals surface area (Å²) >= 11 is 0. The van der Waals surface area contributed by atoms with E-state index in [9.17, 15) is 14.4 Å². The largest absolute Gasteiger partial charge is 0.459 e. The average molecular weight is 479 g/mol. The third-order valence-electron chi connectivity index (χ3n) is 4.88. The van der Waals surface area contributed by atoms with Gasteiger partial charge in [-0.3, -0.25) is 9.59 Å². The monoisotopic (exact) mass is 479 g/mol. The van der Waals surface area contributed by atoms with Gasteiger partial charge >= 0.3 is 5.97 Å². The third kappa shape index (κ3) is 6.42. The second-order valence-corrected chi connectivity index (χ2v) is 7.38. The van der Waals surface area contributed by atoms with Gasteiger partial charge < -0.3 is 14.5 Å². The third-order valence-corrected chi connectivity index (χ3v) is 4.88. The lowest BCUT2D eigenvalue weighted by molar-refractivity contribution is -0.128. The standard InChI is InChI=1S/C28H21N3O5/c32-26(17-16-20-9-2-1-3-10-20)36-24-14-7-4-11-21(24)19-29-31-27(33)22-12-5-6-13-23(22)30-28(34)25-15-8-18-35-25/h1-19H,(H,30,34)(H,31,33)/b17-16+,29-19-. The fraction of sp³-hybridized carbons (Fsp3) is 0. The number of hydrazone groups is 1. The number of esters is 1. The smallest absolute Gasteiger partial charge is 0.336 e. The molecule has 2 amide bonds. The second-order valence-electron chi connectivity index (χ2n) is 7.38. The quantitative estimate of drug-likeness (QED) is 0.123. The topological polar surface area (TPSA) is 110 Å². The predicted octanol–water partition coefficient (Wildman–Crippen LogP) is 4.91. The van der Waals surface area contributed by atoms with Gasteiger partial charge in [0.25, 0.3) is 11.8 Å². The van der Waals surface area contributed by atoms with E-state index in [4.69, 9.17) is 9.15 Å². The molecule has 0 unspecified atom stereocenters. The summed E-state index contributed by atoms with van der Waals surface area (Å²) in [7, 11) is 0. The molecule has 0 fully saturated rings. The zero-order chi connectivity index (χ0) is 25.2. The Morgan fingerprint density at radius 2 is 1.56 bits per heavy atom. The first kappa shape index (κ1) is 23.9. The first-order valence-corrected chi connectivity index (χ1v) is 10.9. The molecule has 0 aliphatic heterocycles. The van der Waals surface area contributed by atoms with Gasteiger partial charge in [-0.25, -0.2) is 10.2 Å². The van der Waals surface area contributed by atoms with Crippen molar-refractivity contribution in [2.75, 3.05) is 5.32 Å². The van der Waals surface area contributed by atoms with Crippen molar-refractivity contribution in [3.8, 4) is 5.75 Å². The summed E-state index contributed by atoms with van der Waals surface area (Å²) in [6.07, 6.45) is 5.74. The second kappa shape index (κ2) is 11.8. The molecule has 3 aromatic carbocycles.